The highest BCUT2D eigenvalue weighted by Gasteiger charge is 2.33. The van der Waals surface area contributed by atoms with Gasteiger partial charge in [0, 0.05) is 65.8 Å². The zero-order valence-corrected chi connectivity index (χ0v) is 95.8. The van der Waals surface area contributed by atoms with E-state index in [2.05, 4.69) is 519 Å². The predicted molar refractivity (Wildman–Crippen MR) is 645 cm³/mol. The number of aromatic nitrogens is 4. The molecule has 22 rings (SSSR count). The van der Waals surface area contributed by atoms with E-state index in [0.29, 0.717) is 0 Å². The molecule has 0 aliphatic carbocycles. The van der Waals surface area contributed by atoms with E-state index in [-0.39, 0.29) is 0 Å². The van der Waals surface area contributed by atoms with Gasteiger partial charge in [-0.1, -0.05) is 428 Å². The van der Waals surface area contributed by atoms with Gasteiger partial charge in [0.1, 0.15) is 0 Å². The third-order valence-corrected chi connectivity index (χ3v) is 47.0. The lowest BCUT2D eigenvalue weighted by molar-refractivity contribution is 1.18. The predicted octanol–water partition coefficient (Wildman–Crippen LogP) is 32.6. The number of fused-ring (bicyclic) bond motifs is 16. The van der Waals surface area contributed by atoms with E-state index in [9.17, 15) is 0 Å². The molecular formula is C128H136N4Si8. The van der Waals surface area contributed by atoms with Crippen LogP contribution in [-0.4, -0.2) is 82.9 Å². The van der Waals surface area contributed by atoms with Crippen molar-refractivity contribution in [2.24, 2.45) is 0 Å². The number of nitrogens with zero attached hydrogens (tertiary/aromatic N) is 4. The zero-order valence-electron chi connectivity index (χ0n) is 87.8. The van der Waals surface area contributed by atoms with Gasteiger partial charge in [-0.2, -0.15) is 0 Å². The van der Waals surface area contributed by atoms with Gasteiger partial charge in [0.25, 0.3) is 0 Å². The summed E-state index contributed by atoms with van der Waals surface area (Å²) in [5.74, 6) is 0. The van der Waals surface area contributed by atoms with E-state index in [1.54, 1.807) is 0 Å². The summed E-state index contributed by atoms with van der Waals surface area (Å²) in [5, 5.41) is 33.0. The summed E-state index contributed by atoms with van der Waals surface area (Å²) in [4.78, 5) is 0. The van der Waals surface area contributed by atoms with Crippen LogP contribution in [0.2, 0.25) is 157 Å². The average Bonchev–Trinajstić information content (AvgIpc) is 1.22. The van der Waals surface area contributed by atoms with Crippen LogP contribution in [0.15, 0.2) is 315 Å². The molecule has 22 aromatic rings. The second kappa shape index (κ2) is 33.8. The van der Waals surface area contributed by atoms with E-state index in [1.165, 1.54) is 261 Å². The molecule has 18 aromatic carbocycles. The molecular weight excluding hydrogens is 1820 g/mol. The van der Waals surface area contributed by atoms with Crippen molar-refractivity contribution in [2.75, 3.05) is 0 Å². The van der Waals surface area contributed by atoms with Crippen molar-refractivity contribution in [3.63, 3.8) is 0 Å². The summed E-state index contributed by atoms with van der Waals surface area (Å²) in [7, 11) is -12.6. The molecule has 0 atom stereocenters. The largest absolute Gasteiger partial charge is 0.309 e. The van der Waals surface area contributed by atoms with Gasteiger partial charge in [-0.15, -0.1) is 0 Å². The van der Waals surface area contributed by atoms with Crippen LogP contribution in [-0.2, 0) is 0 Å². The quantitative estimate of drug-likeness (QED) is 0.0679. The molecule has 0 aliphatic heterocycles. The Morgan fingerprint density at radius 3 is 0.536 bits per heavy atom. The van der Waals surface area contributed by atoms with Crippen molar-refractivity contribution >= 4 is 236 Å². The molecule has 0 N–H and O–H groups in total. The topological polar surface area (TPSA) is 19.7 Å². The highest BCUT2D eigenvalue weighted by molar-refractivity contribution is 6.92. The maximum Gasteiger partial charge on any atom is 0.0776 e. The third kappa shape index (κ3) is 16.4. The van der Waals surface area contributed by atoms with Gasteiger partial charge >= 0.3 is 0 Å². The van der Waals surface area contributed by atoms with Crippen molar-refractivity contribution in [3.05, 3.63) is 338 Å². The summed E-state index contributed by atoms with van der Waals surface area (Å²) >= 11 is 0. The van der Waals surface area contributed by atoms with Gasteiger partial charge in [-0.25, -0.2) is 0 Å². The Morgan fingerprint density at radius 1 is 0.150 bits per heavy atom. The fourth-order valence-corrected chi connectivity index (χ4v) is 31.7. The lowest BCUT2D eigenvalue weighted by Crippen LogP contribution is -2.37. The Hall–Kier alpha value is -12.1. The SMILES string of the molecule is Cc1cccc(-c2c3ccc(-n4c5ccc([Si](C)(C)C)cc5c5cc([Si](C)(C)C)ccc54)cc3c(-c3cccc(C)c3)c3ccc(-n4c5ccc([Si](C)(C)C)cc5c5cc([Si](C)(C)C)ccc54)cc23)c1.Cc1ccccc1-c1c2ccc(-n3c4ccc([Si](C)(C)C)cc4c4cc([Si](C)(C)C)ccc43)cc2c(-c2ccccc2C)c2ccc(-n3c4ccc([Si](C)(C)C)cc4c4cc([Si](C)(C)C)ccc43)cc12. The molecule has 0 fully saturated rings. The molecule has 0 spiro atoms. The van der Waals surface area contributed by atoms with Crippen LogP contribution in [0.4, 0.5) is 0 Å². The highest BCUT2D eigenvalue weighted by atomic mass is 28.3. The minimum absolute atomic E-state index is 1.19. The first kappa shape index (κ1) is 94.2. The van der Waals surface area contributed by atoms with Gasteiger partial charge < -0.3 is 18.3 Å². The molecule has 0 saturated heterocycles. The molecule has 0 unspecified atom stereocenters. The molecule has 0 aliphatic rings. The number of hydrogen-bond acceptors (Lipinski definition) is 0. The Labute approximate surface area is 837 Å². The first-order chi connectivity index (χ1) is 66.1. The van der Waals surface area contributed by atoms with Gasteiger partial charge in [0.05, 0.1) is 109 Å². The Bertz CT molecular complexity index is 8130. The molecule has 0 bridgehead atoms. The maximum atomic E-state index is 2.55. The summed E-state index contributed by atoms with van der Waals surface area (Å²) in [6.45, 7) is 68.2. The van der Waals surface area contributed by atoms with Crippen LogP contribution in [0.5, 0.6) is 0 Å². The number of rotatable bonds is 16. The standard InChI is InChI=1S/2C64H68N2Si4/c1-41-17-15-19-43(33-41)63-51-27-21-46(66-61-31-25-49(69(9,10)11)39-55(61)56-40-50(70(12,13)14)26-32-62(56)66)36-58(51)64(44-20-16-18-42(2)34-44)52-28-22-45(35-57(52)63)65-59-29-23-47(67(3,4)5)37-53(59)54-38-48(68(6,7)8)24-30-60(54)65;1-41-19-15-17-21-49(41)63-51-29-23-44(66-61-33-27-47(69(9,10)11)39-55(61)56-40-48(70(12,13)14)28-34-62(56)66)36-58(51)64(50-22-18-16-20-42(50)2)52-30-24-43(35-57(52)63)65-59-31-25-45(67(3,4)5)37-53(59)54-38-46(68(6,7)8)26-32-60(54)65/h2*15-40H,1-14H3. The molecule has 12 heteroatoms. The Morgan fingerprint density at radius 2 is 0.343 bits per heavy atom. The van der Waals surface area contributed by atoms with Crippen molar-refractivity contribution in [1.29, 1.82) is 0 Å². The lowest BCUT2D eigenvalue weighted by atomic mass is 9.83. The lowest BCUT2D eigenvalue weighted by Gasteiger charge is -2.22. The molecule has 0 saturated carbocycles. The smallest absolute Gasteiger partial charge is 0.0776 e. The number of benzene rings is 18. The van der Waals surface area contributed by atoms with Crippen molar-refractivity contribution in [1.82, 2.24) is 18.3 Å². The number of aryl methyl sites for hydroxylation is 4. The van der Waals surface area contributed by atoms with Crippen molar-refractivity contribution < 1.29 is 0 Å². The van der Waals surface area contributed by atoms with E-state index < -0.39 is 64.6 Å². The number of hydrogen-bond donors (Lipinski definition) is 0. The summed E-state index contributed by atoms with van der Waals surface area (Å²) < 4.78 is 10.2. The molecule has 700 valence electrons. The fraction of sp³-hybridized carbons (Fsp3) is 0.219. The van der Waals surface area contributed by atoms with Gasteiger partial charge in [-0.05, 0) is 223 Å². The van der Waals surface area contributed by atoms with Crippen LogP contribution in [0.25, 0.3) is 198 Å². The molecule has 4 heterocycles. The summed E-state index contributed by atoms with van der Waals surface area (Å²) in [5.41, 5.74) is 30.2. The molecule has 4 aromatic heterocycles. The molecule has 0 amide bonds. The van der Waals surface area contributed by atoms with Crippen LogP contribution in [0, 0.1) is 27.7 Å². The van der Waals surface area contributed by atoms with Crippen molar-refractivity contribution in [2.45, 2.75) is 185 Å². The second-order valence-electron chi connectivity index (χ2n) is 49.0. The average molecular weight is 1960 g/mol. The first-order valence-electron chi connectivity index (χ1n) is 50.8. The van der Waals surface area contributed by atoms with E-state index in [0.717, 1.165) is 0 Å². The van der Waals surface area contributed by atoms with Gasteiger partial charge in [0.2, 0.25) is 0 Å². The normalized spacial score (nSPS) is 13.0. The Balaban J connectivity index is 0.000000166. The Kier molecular flexibility index (Phi) is 22.8. The summed E-state index contributed by atoms with van der Waals surface area (Å²) in [6, 6.07) is 125. The fourth-order valence-electron chi connectivity index (χ4n) is 22.4. The minimum Gasteiger partial charge on any atom is -0.309 e. The third-order valence-electron chi connectivity index (χ3n) is 30.6. The van der Waals surface area contributed by atoms with E-state index >= 15 is 0 Å². The van der Waals surface area contributed by atoms with E-state index in [4.69, 9.17) is 0 Å². The molecule has 4 nitrogen and oxygen atoms in total. The van der Waals surface area contributed by atoms with Crippen LogP contribution < -0.4 is 41.5 Å². The monoisotopic (exact) mass is 1950 g/mol. The maximum absolute atomic E-state index is 2.55. The second-order valence-corrected chi connectivity index (χ2v) is 89.6. The molecule has 140 heavy (non-hydrogen) atoms. The van der Waals surface area contributed by atoms with Gasteiger partial charge in [0.15, 0.2) is 0 Å². The summed E-state index contributed by atoms with van der Waals surface area (Å²) in [6.07, 6.45) is 0. The van der Waals surface area contributed by atoms with Crippen LogP contribution >= 0.6 is 0 Å². The van der Waals surface area contributed by atoms with Crippen LogP contribution in [0.3, 0.4) is 0 Å². The zero-order chi connectivity index (χ0) is 98.8. The first-order valence-corrected chi connectivity index (χ1v) is 78.8. The highest BCUT2D eigenvalue weighted by Crippen LogP contribution is 2.51. The van der Waals surface area contributed by atoms with Gasteiger partial charge in [-0.3, -0.25) is 0 Å². The molecule has 0 radical (unpaired) electrons. The minimum atomic E-state index is -1.58. The van der Waals surface area contributed by atoms with Crippen molar-refractivity contribution in [3.8, 4) is 67.3 Å². The van der Waals surface area contributed by atoms with Crippen LogP contribution in [0.1, 0.15) is 22.3 Å². The van der Waals surface area contributed by atoms with E-state index in [1.807, 2.05) is 0 Å².